The van der Waals surface area contributed by atoms with Gasteiger partial charge in [0.15, 0.2) is 5.82 Å². The Labute approximate surface area is 223 Å². The molecule has 1 aromatic heterocycles. The van der Waals surface area contributed by atoms with Gasteiger partial charge in [0.05, 0.1) is 27.7 Å². The SMILES string of the molecule is CCC(c1nc2cc(Cl)ccc2c(=O)n1Nc1ccccc1)N(CCCN)C(=O)c1ccc(F)c(Cl)c1. The second kappa shape index (κ2) is 11.7. The Kier molecular flexibility index (Phi) is 8.43. The molecule has 10 heteroatoms. The molecule has 0 aliphatic rings. The normalized spacial score (nSPS) is 11.9. The number of hydrogen-bond donors (Lipinski definition) is 2. The molecular formula is C27H26Cl2FN5O2. The minimum Gasteiger partial charge on any atom is -0.330 e. The molecule has 0 radical (unpaired) electrons. The van der Waals surface area contributed by atoms with E-state index in [2.05, 4.69) is 5.43 Å². The number of halogens is 3. The molecule has 0 bridgehead atoms. The molecule has 0 saturated carbocycles. The first-order valence-electron chi connectivity index (χ1n) is 11.8. The zero-order chi connectivity index (χ0) is 26.5. The van der Waals surface area contributed by atoms with E-state index in [1.807, 2.05) is 37.3 Å². The van der Waals surface area contributed by atoms with Gasteiger partial charge < -0.3 is 10.6 Å². The van der Waals surface area contributed by atoms with Crippen molar-refractivity contribution in [2.75, 3.05) is 18.5 Å². The first kappa shape index (κ1) is 26.6. The number of hydrogen-bond acceptors (Lipinski definition) is 5. The minimum absolute atomic E-state index is 0.154. The predicted molar refractivity (Wildman–Crippen MR) is 146 cm³/mol. The number of nitrogens with two attached hydrogens (primary N) is 1. The molecule has 1 amide bonds. The maximum atomic E-state index is 13.8. The van der Waals surface area contributed by atoms with Crippen LogP contribution in [-0.2, 0) is 0 Å². The smallest absolute Gasteiger partial charge is 0.280 e. The van der Waals surface area contributed by atoms with Crippen molar-refractivity contribution < 1.29 is 9.18 Å². The third-order valence-electron chi connectivity index (χ3n) is 5.96. The predicted octanol–water partition coefficient (Wildman–Crippen LogP) is 5.66. The van der Waals surface area contributed by atoms with Crippen molar-refractivity contribution in [3.63, 3.8) is 0 Å². The van der Waals surface area contributed by atoms with E-state index < -0.39 is 11.9 Å². The summed E-state index contributed by atoms with van der Waals surface area (Å²) in [5, 5.41) is 0.652. The lowest BCUT2D eigenvalue weighted by atomic mass is 10.1. The quantitative estimate of drug-likeness (QED) is 0.285. The van der Waals surface area contributed by atoms with Gasteiger partial charge in [-0.3, -0.25) is 15.0 Å². The van der Waals surface area contributed by atoms with Crippen LogP contribution in [0.4, 0.5) is 10.1 Å². The van der Waals surface area contributed by atoms with E-state index in [0.29, 0.717) is 46.8 Å². The lowest BCUT2D eigenvalue weighted by Gasteiger charge is -2.32. The standard InChI is InChI=1S/C27H26Cl2FN5O2/c1-2-24(34(14-6-13-31)26(36)17-9-12-22(30)21(29)15-17)25-32-23-16-18(28)10-11-20(23)27(37)35(25)33-19-7-4-3-5-8-19/h3-5,7-12,15-16,24,33H,2,6,13-14,31H2,1H3. The third kappa shape index (κ3) is 5.77. The molecule has 1 atom stereocenters. The first-order chi connectivity index (χ1) is 17.8. The van der Waals surface area contributed by atoms with Gasteiger partial charge in [-0.05, 0) is 67.9 Å². The van der Waals surface area contributed by atoms with Gasteiger partial charge in [0.2, 0.25) is 0 Å². The molecular weight excluding hydrogens is 516 g/mol. The highest BCUT2D eigenvalue weighted by molar-refractivity contribution is 6.31. The van der Waals surface area contributed by atoms with Gasteiger partial charge in [0, 0.05) is 17.1 Å². The summed E-state index contributed by atoms with van der Waals surface area (Å²) in [6, 6.07) is 17.3. The fourth-order valence-electron chi connectivity index (χ4n) is 4.15. The largest absolute Gasteiger partial charge is 0.330 e. The molecule has 3 aromatic carbocycles. The van der Waals surface area contributed by atoms with Crippen molar-refractivity contribution in [1.29, 1.82) is 0 Å². The lowest BCUT2D eigenvalue weighted by molar-refractivity contribution is 0.0657. The number of aromatic nitrogens is 2. The second-order valence-electron chi connectivity index (χ2n) is 8.44. The van der Waals surface area contributed by atoms with Crippen molar-refractivity contribution in [2.45, 2.75) is 25.8 Å². The van der Waals surface area contributed by atoms with Gasteiger partial charge in [0.25, 0.3) is 11.5 Å². The molecule has 4 rings (SSSR count). The lowest BCUT2D eigenvalue weighted by Crippen LogP contribution is -2.41. The van der Waals surface area contributed by atoms with Gasteiger partial charge in [-0.2, -0.15) is 0 Å². The summed E-state index contributed by atoms with van der Waals surface area (Å²) in [5.41, 5.74) is 9.88. The molecule has 0 saturated heterocycles. The summed E-state index contributed by atoms with van der Waals surface area (Å²) in [5.74, 6) is -0.675. The number of anilines is 1. The van der Waals surface area contributed by atoms with Crippen LogP contribution in [0.1, 0.15) is 42.0 Å². The Morgan fingerprint density at radius 1 is 1.14 bits per heavy atom. The number of benzene rings is 3. The van der Waals surface area contributed by atoms with Crippen LogP contribution in [0.5, 0.6) is 0 Å². The highest BCUT2D eigenvalue weighted by atomic mass is 35.5. The fourth-order valence-corrected chi connectivity index (χ4v) is 4.49. The van der Waals surface area contributed by atoms with E-state index in [1.165, 1.54) is 16.8 Å². The third-order valence-corrected chi connectivity index (χ3v) is 6.49. The van der Waals surface area contributed by atoms with E-state index in [4.69, 9.17) is 33.9 Å². The Morgan fingerprint density at radius 2 is 1.89 bits per heavy atom. The van der Waals surface area contributed by atoms with Crippen molar-refractivity contribution in [3.8, 4) is 0 Å². The summed E-state index contributed by atoms with van der Waals surface area (Å²) in [6.45, 7) is 2.53. The van der Waals surface area contributed by atoms with Crippen LogP contribution < -0.4 is 16.7 Å². The van der Waals surface area contributed by atoms with Crippen LogP contribution in [0.3, 0.4) is 0 Å². The van der Waals surface area contributed by atoms with Crippen molar-refractivity contribution in [1.82, 2.24) is 14.6 Å². The molecule has 3 N–H and O–H groups in total. The maximum Gasteiger partial charge on any atom is 0.280 e. The highest BCUT2D eigenvalue weighted by Gasteiger charge is 2.29. The molecule has 1 heterocycles. The van der Waals surface area contributed by atoms with Crippen LogP contribution in [0.2, 0.25) is 10.0 Å². The van der Waals surface area contributed by atoms with E-state index in [0.717, 1.165) is 6.07 Å². The molecule has 37 heavy (non-hydrogen) atoms. The highest BCUT2D eigenvalue weighted by Crippen LogP contribution is 2.28. The molecule has 0 spiro atoms. The number of fused-ring (bicyclic) bond motifs is 1. The Hall–Kier alpha value is -3.46. The van der Waals surface area contributed by atoms with Crippen molar-refractivity contribution >= 4 is 45.7 Å². The van der Waals surface area contributed by atoms with Gasteiger partial charge in [-0.25, -0.2) is 14.1 Å². The van der Waals surface area contributed by atoms with E-state index >= 15 is 0 Å². The van der Waals surface area contributed by atoms with Gasteiger partial charge in [-0.1, -0.05) is 48.3 Å². The first-order valence-corrected chi connectivity index (χ1v) is 12.6. The van der Waals surface area contributed by atoms with Crippen molar-refractivity contribution in [2.24, 2.45) is 5.73 Å². The number of amides is 1. The van der Waals surface area contributed by atoms with Crippen molar-refractivity contribution in [3.05, 3.63) is 104 Å². The summed E-state index contributed by atoms with van der Waals surface area (Å²) >= 11 is 12.2. The summed E-state index contributed by atoms with van der Waals surface area (Å²) in [4.78, 5) is 33.8. The van der Waals surface area contributed by atoms with Crippen LogP contribution in [0, 0.1) is 5.82 Å². The summed E-state index contributed by atoms with van der Waals surface area (Å²) in [7, 11) is 0. The Balaban J connectivity index is 1.89. The number of carbonyl (C=O) groups excluding carboxylic acids is 1. The molecule has 192 valence electrons. The average molecular weight is 542 g/mol. The average Bonchev–Trinajstić information content (AvgIpc) is 2.90. The molecule has 1 unspecified atom stereocenters. The topological polar surface area (TPSA) is 93.2 Å². The van der Waals surface area contributed by atoms with Gasteiger partial charge >= 0.3 is 0 Å². The summed E-state index contributed by atoms with van der Waals surface area (Å²) in [6.07, 6.45) is 0.938. The fraction of sp³-hybridized carbons (Fsp3) is 0.222. The zero-order valence-electron chi connectivity index (χ0n) is 20.1. The summed E-state index contributed by atoms with van der Waals surface area (Å²) < 4.78 is 15.2. The maximum absolute atomic E-state index is 13.8. The van der Waals surface area contributed by atoms with Gasteiger partial charge in [-0.15, -0.1) is 0 Å². The Bertz CT molecular complexity index is 1480. The minimum atomic E-state index is -0.629. The van der Waals surface area contributed by atoms with E-state index in [9.17, 15) is 14.0 Å². The van der Waals surface area contributed by atoms with Crippen LogP contribution in [-0.4, -0.2) is 33.6 Å². The monoisotopic (exact) mass is 541 g/mol. The second-order valence-corrected chi connectivity index (χ2v) is 9.29. The van der Waals surface area contributed by atoms with E-state index in [1.54, 1.807) is 23.1 Å². The van der Waals surface area contributed by atoms with Crippen LogP contribution in [0.25, 0.3) is 10.9 Å². The Morgan fingerprint density at radius 3 is 2.57 bits per heavy atom. The number of carbonyl (C=O) groups is 1. The molecule has 4 aromatic rings. The van der Waals surface area contributed by atoms with Gasteiger partial charge in [0.1, 0.15) is 5.82 Å². The number of rotatable bonds is 9. The molecule has 7 nitrogen and oxygen atoms in total. The number of nitrogens with one attached hydrogen (secondary N) is 1. The molecule has 0 fully saturated rings. The number of para-hydroxylation sites is 1. The number of nitrogens with zero attached hydrogens (tertiary/aromatic N) is 3. The van der Waals surface area contributed by atoms with Crippen LogP contribution >= 0.6 is 23.2 Å². The van der Waals surface area contributed by atoms with E-state index in [-0.39, 0.29) is 28.6 Å². The zero-order valence-corrected chi connectivity index (χ0v) is 21.6. The van der Waals surface area contributed by atoms with Crippen LogP contribution in [0.15, 0.2) is 71.5 Å². The molecule has 0 aliphatic carbocycles. The molecule has 0 aliphatic heterocycles.